The van der Waals surface area contributed by atoms with E-state index in [1.54, 1.807) is 12.1 Å². The summed E-state index contributed by atoms with van der Waals surface area (Å²) in [6.07, 6.45) is 2.60. The second kappa shape index (κ2) is 9.58. The molecule has 33 heavy (non-hydrogen) atoms. The van der Waals surface area contributed by atoms with Gasteiger partial charge < -0.3 is 5.32 Å². The lowest BCUT2D eigenvalue weighted by Gasteiger charge is -2.17. The van der Waals surface area contributed by atoms with Gasteiger partial charge in [-0.25, -0.2) is 4.39 Å². The maximum absolute atomic E-state index is 13.6. The summed E-state index contributed by atoms with van der Waals surface area (Å²) in [5, 5.41) is 12.1. The van der Waals surface area contributed by atoms with E-state index in [0.29, 0.717) is 11.6 Å². The zero-order valence-electron chi connectivity index (χ0n) is 17.9. The predicted octanol–water partition coefficient (Wildman–Crippen LogP) is 5.11. The summed E-state index contributed by atoms with van der Waals surface area (Å²) >= 11 is 1.33. The molecule has 5 nitrogen and oxygen atoms in total. The van der Waals surface area contributed by atoms with Crippen molar-refractivity contribution in [2.24, 2.45) is 0 Å². The molecule has 1 heterocycles. The van der Waals surface area contributed by atoms with Crippen molar-refractivity contribution in [3.8, 4) is 5.69 Å². The first-order valence-electron chi connectivity index (χ1n) is 10.9. The molecule has 5 rings (SSSR count). The van der Waals surface area contributed by atoms with Gasteiger partial charge in [-0.1, -0.05) is 72.4 Å². The lowest BCUT2D eigenvalue weighted by Crippen LogP contribution is -2.30. The number of para-hydroxylation sites is 1. The highest BCUT2D eigenvalue weighted by Crippen LogP contribution is 2.37. The van der Waals surface area contributed by atoms with Crippen molar-refractivity contribution >= 4 is 17.7 Å². The Labute approximate surface area is 196 Å². The molecule has 3 aromatic carbocycles. The van der Waals surface area contributed by atoms with Crippen LogP contribution in [0.25, 0.3) is 5.69 Å². The summed E-state index contributed by atoms with van der Waals surface area (Å²) in [4.78, 5) is 13.1. The number of amides is 1. The molecule has 166 valence electrons. The number of benzene rings is 3. The van der Waals surface area contributed by atoms with Crippen molar-refractivity contribution in [1.82, 2.24) is 20.1 Å². The second-order valence-corrected chi connectivity index (χ2v) is 9.14. The molecule has 0 spiro atoms. The lowest BCUT2D eigenvalue weighted by atomic mass is 10.1. The quantitative estimate of drug-likeness (QED) is 0.373. The van der Waals surface area contributed by atoms with E-state index in [2.05, 4.69) is 27.6 Å². The first-order chi connectivity index (χ1) is 16.2. The average Bonchev–Trinajstić information content (AvgIpc) is 3.57. The van der Waals surface area contributed by atoms with Crippen molar-refractivity contribution in [2.75, 3.05) is 0 Å². The van der Waals surface area contributed by atoms with Gasteiger partial charge in [0.25, 0.3) is 0 Å². The first kappa shape index (κ1) is 21.4. The Kier molecular flexibility index (Phi) is 6.21. The average molecular weight is 459 g/mol. The van der Waals surface area contributed by atoms with Crippen LogP contribution in [0.4, 0.5) is 4.39 Å². The van der Waals surface area contributed by atoms with E-state index in [4.69, 9.17) is 0 Å². The molecule has 4 aromatic rings. The number of hydrogen-bond acceptors (Lipinski definition) is 4. The molecule has 1 fully saturated rings. The van der Waals surface area contributed by atoms with Gasteiger partial charge in [-0.3, -0.25) is 9.36 Å². The number of aromatic nitrogens is 3. The highest BCUT2D eigenvalue weighted by Gasteiger charge is 2.31. The summed E-state index contributed by atoms with van der Waals surface area (Å²) in [5.41, 5.74) is 2.78. The Hall–Kier alpha value is -3.45. The van der Waals surface area contributed by atoms with E-state index in [1.165, 1.54) is 23.9 Å². The van der Waals surface area contributed by atoms with E-state index in [9.17, 15) is 9.18 Å². The van der Waals surface area contributed by atoms with E-state index in [-0.39, 0.29) is 17.8 Å². The number of carbonyl (C=O) groups is 1. The van der Waals surface area contributed by atoms with Gasteiger partial charge in [-0.05, 0) is 48.2 Å². The Bertz CT molecular complexity index is 1220. The van der Waals surface area contributed by atoms with Crippen LogP contribution in [0.2, 0.25) is 0 Å². The van der Waals surface area contributed by atoms with Gasteiger partial charge in [0.2, 0.25) is 5.91 Å². The molecular formula is C26H23FN4OS. The zero-order chi connectivity index (χ0) is 22.6. The van der Waals surface area contributed by atoms with Crippen LogP contribution in [-0.4, -0.2) is 26.7 Å². The van der Waals surface area contributed by atoms with Gasteiger partial charge in [0, 0.05) is 18.2 Å². The largest absolute Gasteiger partial charge is 0.352 e. The molecule has 1 amide bonds. The van der Waals surface area contributed by atoms with Crippen molar-refractivity contribution < 1.29 is 9.18 Å². The van der Waals surface area contributed by atoms with Crippen molar-refractivity contribution in [1.29, 1.82) is 0 Å². The van der Waals surface area contributed by atoms with Crippen LogP contribution in [0.5, 0.6) is 0 Å². The number of halogens is 1. The number of carbonyl (C=O) groups excluding carboxylic acids is 1. The van der Waals surface area contributed by atoms with Crippen molar-refractivity contribution in [3.63, 3.8) is 0 Å². The van der Waals surface area contributed by atoms with E-state index in [0.717, 1.165) is 35.5 Å². The minimum absolute atomic E-state index is 0.0960. The molecule has 1 aromatic heterocycles. The van der Waals surface area contributed by atoms with Gasteiger partial charge in [0.05, 0.1) is 0 Å². The molecule has 0 radical (unpaired) electrons. The Morgan fingerprint density at radius 3 is 2.30 bits per heavy atom. The summed E-state index contributed by atoms with van der Waals surface area (Å²) in [7, 11) is 0. The van der Waals surface area contributed by atoms with Gasteiger partial charge in [-0.2, -0.15) is 0 Å². The third kappa shape index (κ3) is 5.14. The monoisotopic (exact) mass is 458 g/mol. The summed E-state index contributed by atoms with van der Waals surface area (Å²) in [6, 6.07) is 26.3. The SMILES string of the molecule is O=C(NC1CC1)C(Sc1nnc(Cc2ccccc2)n1-c1ccccc1)c1ccc(F)cc1. The normalized spacial score (nSPS) is 14.1. The van der Waals surface area contributed by atoms with Crippen LogP contribution in [0.3, 0.4) is 0 Å². The Morgan fingerprint density at radius 1 is 0.970 bits per heavy atom. The number of nitrogens with one attached hydrogen (secondary N) is 1. The van der Waals surface area contributed by atoms with E-state index in [1.807, 2.05) is 53.1 Å². The molecule has 1 aliphatic carbocycles. The molecule has 7 heteroatoms. The van der Waals surface area contributed by atoms with E-state index < -0.39 is 5.25 Å². The summed E-state index contributed by atoms with van der Waals surface area (Å²) < 4.78 is 15.6. The number of thioether (sulfide) groups is 1. The lowest BCUT2D eigenvalue weighted by molar-refractivity contribution is -0.120. The Morgan fingerprint density at radius 2 is 1.64 bits per heavy atom. The fourth-order valence-corrected chi connectivity index (χ4v) is 4.71. The number of rotatable bonds is 8. The molecule has 1 saturated carbocycles. The van der Waals surface area contributed by atoms with Crippen LogP contribution in [0.1, 0.15) is 35.0 Å². The molecule has 1 unspecified atom stereocenters. The molecule has 0 aliphatic heterocycles. The fourth-order valence-electron chi connectivity index (χ4n) is 3.63. The third-order valence-corrected chi connectivity index (χ3v) is 6.67. The van der Waals surface area contributed by atoms with Crippen LogP contribution in [-0.2, 0) is 11.2 Å². The van der Waals surface area contributed by atoms with Crippen molar-refractivity contribution in [3.05, 3.63) is 108 Å². The third-order valence-electron chi connectivity index (χ3n) is 5.48. The molecule has 1 aliphatic rings. The summed E-state index contributed by atoms with van der Waals surface area (Å²) in [5.74, 6) is 0.361. The van der Waals surface area contributed by atoms with Gasteiger partial charge in [0.15, 0.2) is 5.16 Å². The maximum atomic E-state index is 13.6. The smallest absolute Gasteiger partial charge is 0.238 e. The van der Waals surface area contributed by atoms with Crippen LogP contribution < -0.4 is 5.32 Å². The molecule has 0 bridgehead atoms. The minimum Gasteiger partial charge on any atom is -0.352 e. The highest BCUT2D eigenvalue weighted by atomic mass is 32.2. The zero-order valence-corrected chi connectivity index (χ0v) is 18.7. The van der Waals surface area contributed by atoms with E-state index >= 15 is 0 Å². The second-order valence-electron chi connectivity index (χ2n) is 8.06. The number of nitrogens with zero attached hydrogens (tertiary/aromatic N) is 3. The topological polar surface area (TPSA) is 59.8 Å². The first-order valence-corrected chi connectivity index (χ1v) is 11.8. The van der Waals surface area contributed by atoms with Crippen LogP contribution >= 0.6 is 11.8 Å². The molecule has 1 N–H and O–H groups in total. The highest BCUT2D eigenvalue weighted by molar-refractivity contribution is 8.00. The number of hydrogen-bond donors (Lipinski definition) is 1. The molecule has 0 saturated heterocycles. The summed E-state index contributed by atoms with van der Waals surface area (Å²) in [6.45, 7) is 0. The standard InChI is InChI=1S/C26H23FN4OS/c27-20-13-11-19(12-14-20)24(25(32)28-21-15-16-21)33-26-30-29-23(17-18-7-3-1-4-8-18)31(26)22-9-5-2-6-10-22/h1-14,21,24H,15-17H2,(H,28,32). The fraction of sp³-hybridized carbons (Fsp3) is 0.192. The molecular weight excluding hydrogens is 435 g/mol. The molecule has 1 atom stereocenters. The maximum Gasteiger partial charge on any atom is 0.238 e. The van der Waals surface area contributed by atoms with Crippen LogP contribution in [0, 0.1) is 5.82 Å². The van der Waals surface area contributed by atoms with Gasteiger partial charge >= 0.3 is 0 Å². The van der Waals surface area contributed by atoms with Gasteiger partial charge in [0.1, 0.15) is 16.9 Å². The van der Waals surface area contributed by atoms with Crippen molar-refractivity contribution in [2.45, 2.75) is 35.7 Å². The van der Waals surface area contributed by atoms with Gasteiger partial charge in [-0.15, -0.1) is 10.2 Å². The predicted molar refractivity (Wildman–Crippen MR) is 127 cm³/mol. The van der Waals surface area contributed by atoms with Crippen LogP contribution in [0.15, 0.2) is 90.1 Å². The minimum atomic E-state index is -0.567. The Balaban J connectivity index is 1.52.